The zero-order chi connectivity index (χ0) is 16.1. The second kappa shape index (κ2) is 7.63. The maximum absolute atomic E-state index is 11.2. The van der Waals surface area contributed by atoms with Gasteiger partial charge >= 0.3 is 5.97 Å². The highest BCUT2D eigenvalue weighted by Gasteiger charge is 2.19. The summed E-state index contributed by atoms with van der Waals surface area (Å²) in [5.41, 5.74) is 3.60. The number of anilines is 1. The molecule has 1 heterocycles. The van der Waals surface area contributed by atoms with Crippen molar-refractivity contribution in [2.45, 2.75) is 33.6 Å². The van der Waals surface area contributed by atoms with E-state index in [9.17, 15) is 9.90 Å². The van der Waals surface area contributed by atoms with E-state index in [1.165, 1.54) is 37.1 Å². The first kappa shape index (κ1) is 16.8. The van der Waals surface area contributed by atoms with Crippen molar-refractivity contribution < 1.29 is 9.90 Å². The number of carbonyl (C=O) groups is 1. The molecule has 122 valence electrons. The minimum atomic E-state index is -0.726. The van der Waals surface area contributed by atoms with Gasteiger partial charge in [-0.05, 0) is 63.0 Å². The molecule has 1 aromatic rings. The van der Waals surface area contributed by atoms with Crippen LogP contribution in [0.25, 0.3) is 0 Å². The van der Waals surface area contributed by atoms with Crippen LogP contribution < -0.4 is 4.90 Å². The second-order valence-electron chi connectivity index (χ2n) is 6.58. The van der Waals surface area contributed by atoms with Gasteiger partial charge in [0.25, 0.3) is 0 Å². The van der Waals surface area contributed by atoms with Crippen molar-refractivity contribution >= 4 is 11.7 Å². The molecular weight excluding hydrogens is 276 g/mol. The molecule has 4 heteroatoms. The number of aliphatic carboxylic acids is 1. The van der Waals surface area contributed by atoms with Crippen molar-refractivity contribution in [1.29, 1.82) is 0 Å². The van der Waals surface area contributed by atoms with Gasteiger partial charge in [0.15, 0.2) is 0 Å². The molecule has 0 bridgehead atoms. The molecule has 1 aliphatic rings. The van der Waals surface area contributed by atoms with Crippen LogP contribution >= 0.6 is 0 Å². The van der Waals surface area contributed by atoms with Gasteiger partial charge in [0.05, 0.1) is 5.92 Å². The van der Waals surface area contributed by atoms with Crippen LogP contribution in [0.4, 0.5) is 5.69 Å². The normalized spacial score (nSPS) is 16.7. The van der Waals surface area contributed by atoms with Crippen LogP contribution in [0.15, 0.2) is 18.2 Å². The lowest BCUT2D eigenvalue weighted by atomic mass is 10.1. The summed E-state index contributed by atoms with van der Waals surface area (Å²) in [7, 11) is 0. The van der Waals surface area contributed by atoms with Gasteiger partial charge < -0.3 is 14.9 Å². The van der Waals surface area contributed by atoms with Crippen LogP contribution in [-0.2, 0) is 4.79 Å². The monoisotopic (exact) mass is 304 g/mol. The summed E-state index contributed by atoms with van der Waals surface area (Å²) in [5, 5.41) is 9.23. The van der Waals surface area contributed by atoms with Crippen LogP contribution in [0.1, 0.15) is 30.9 Å². The summed E-state index contributed by atoms with van der Waals surface area (Å²) in [5.74, 6) is -1.09. The maximum atomic E-state index is 11.2. The molecule has 0 radical (unpaired) electrons. The van der Waals surface area contributed by atoms with Gasteiger partial charge in [-0.25, -0.2) is 0 Å². The van der Waals surface area contributed by atoms with E-state index in [1.54, 1.807) is 6.92 Å². The zero-order valence-corrected chi connectivity index (χ0v) is 14.0. The molecule has 1 aromatic carbocycles. The van der Waals surface area contributed by atoms with Crippen molar-refractivity contribution in [3.05, 3.63) is 29.3 Å². The fourth-order valence-corrected chi connectivity index (χ4v) is 3.14. The first-order valence-electron chi connectivity index (χ1n) is 8.24. The molecule has 0 aliphatic carbocycles. The summed E-state index contributed by atoms with van der Waals surface area (Å²) in [6.45, 7) is 10.8. The molecule has 0 saturated carbocycles. The van der Waals surface area contributed by atoms with E-state index in [-0.39, 0.29) is 5.92 Å². The maximum Gasteiger partial charge on any atom is 0.308 e. The van der Waals surface area contributed by atoms with Gasteiger partial charge in [0.1, 0.15) is 0 Å². The average molecular weight is 304 g/mol. The highest BCUT2D eigenvalue weighted by molar-refractivity contribution is 5.70. The summed E-state index contributed by atoms with van der Waals surface area (Å²) >= 11 is 0. The molecule has 1 unspecified atom stereocenters. The summed E-state index contributed by atoms with van der Waals surface area (Å²) < 4.78 is 0. The second-order valence-corrected chi connectivity index (χ2v) is 6.58. The Hall–Kier alpha value is -1.55. The quantitative estimate of drug-likeness (QED) is 0.841. The average Bonchev–Trinajstić information content (AvgIpc) is 2.95. The number of hydrogen-bond donors (Lipinski definition) is 1. The number of hydrogen-bond acceptors (Lipinski definition) is 3. The summed E-state index contributed by atoms with van der Waals surface area (Å²) in [4.78, 5) is 15.9. The van der Waals surface area contributed by atoms with Gasteiger partial charge in [0.2, 0.25) is 0 Å². The minimum absolute atomic E-state index is 0.362. The van der Waals surface area contributed by atoms with E-state index >= 15 is 0 Å². The van der Waals surface area contributed by atoms with Crippen molar-refractivity contribution in [1.82, 2.24) is 4.90 Å². The lowest BCUT2D eigenvalue weighted by Crippen LogP contribution is -2.38. The Balaban J connectivity index is 2.10. The number of carboxylic acid groups (broad SMARTS) is 1. The van der Waals surface area contributed by atoms with Crippen LogP contribution in [-0.4, -0.2) is 48.7 Å². The van der Waals surface area contributed by atoms with E-state index in [2.05, 4.69) is 41.8 Å². The lowest BCUT2D eigenvalue weighted by molar-refractivity contribution is -0.140. The largest absolute Gasteiger partial charge is 0.481 e. The number of aryl methyl sites for hydroxylation is 2. The third-order valence-electron chi connectivity index (χ3n) is 4.37. The molecule has 1 N–H and O–H groups in total. The first-order valence-corrected chi connectivity index (χ1v) is 8.24. The number of likely N-dealkylation sites (tertiary alicyclic amines) is 1. The fraction of sp³-hybridized carbons (Fsp3) is 0.611. The molecule has 1 aliphatic heterocycles. The molecule has 1 fully saturated rings. The van der Waals surface area contributed by atoms with Crippen molar-refractivity contribution in [3.8, 4) is 0 Å². The minimum Gasteiger partial charge on any atom is -0.481 e. The van der Waals surface area contributed by atoms with Crippen LogP contribution in [0.5, 0.6) is 0 Å². The Labute approximate surface area is 133 Å². The highest BCUT2D eigenvalue weighted by atomic mass is 16.4. The smallest absolute Gasteiger partial charge is 0.308 e. The van der Waals surface area contributed by atoms with Crippen LogP contribution in [0, 0.1) is 19.8 Å². The highest BCUT2D eigenvalue weighted by Crippen LogP contribution is 2.20. The van der Waals surface area contributed by atoms with Gasteiger partial charge in [-0.15, -0.1) is 0 Å². The Morgan fingerprint density at radius 3 is 2.36 bits per heavy atom. The Morgan fingerprint density at radius 2 is 1.82 bits per heavy atom. The number of rotatable bonds is 7. The summed E-state index contributed by atoms with van der Waals surface area (Å²) in [6, 6.07) is 6.47. The molecule has 1 atom stereocenters. The SMILES string of the molecule is Cc1cc(C)cc(N(CCN2CCCC2)CC(C)C(=O)O)c1. The molecule has 2 rings (SSSR count). The van der Waals surface area contributed by atoms with E-state index in [1.807, 2.05) is 0 Å². The Bertz CT molecular complexity index is 490. The number of benzene rings is 1. The molecule has 0 spiro atoms. The topological polar surface area (TPSA) is 43.8 Å². The van der Waals surface area contributed by atoms with Crippen molar-refractivity contribution in [3.63, 3.8) is 0 Å². The molecule has 4 nitrogen and oxygen atoms in total. The predicted molar refractivity (Wildman–Crippen MR) is 90.6 cm³/mol. The first-order chi connectivity index (χ1) is 10.5. The van der Waals surface area contributed by atoms with Gasteiger partial charge in [-0.1, -0.05) is 13.0 Å². The molecule has 22 heavy (non-hydrogen) atoms. The van der Waals surface area contributed by atoms with Crippen molar-refractivity contribution in [2.24, 2.45) is 5.92 Å². The summed E-state index contributed by atoms with van der Waals surface area (Å²) in [6.07, 6.45) is 2.57. The zero-order valence-electron chi connectivity index (χ0n) is 14.0. The van der Waals surface area contributed by atoms with Gasteiger partial charge in [-0.2, -0.15) is 0 Å². The molecule has 1 saturated heterocycles. The van der Waals surface area contributed by atoms with E-state index < -0.39 is 5.97 Å². The van der Waals surface area contributed by atoms with E-state index in [4.69, 9.17) is 0 Å². The third kappa shape index (κ3) is 4.73. The van der Waals surface area contributed by atoms with Crippen molar-refractivity contribution in [2.75, 3.05) is 37.6 Å². The fourth-order valence-electron chi connectivity index (χ4n) is 3.14. The van der Waals surface area contributed by atoms with E-state index in [0.29, 0.717) is 6.54 Å². The molecule has 0 aromatic heterocycles. The van der Waals surface area contributed by atoms with Crippen LogP contribution in [0.3, 0.4) is 0 Å². The number of nitrogens with zero attached hydrogens (tertiary/aromatic N) is 2. The predicted octanol–water partition coefficient (Wildman–Crippen LogP) is 2.93. The molecule has 0 amide bonds. The third-order valence-corrected chi connectivity index (χ3v) is 4.37. The lowest BCUT2D eigenvalue weighted by Gasteiger charge is -2.29. The Kier molecular flexibility index (Phi) is 5.83. The van der Waals surface area contributed by atoms with Gasteiger partial charge in [0, 0.05) is 25.3 Å². The Morgan fingerprint density at radius 1 is 1.23 bits per heavy atom. The van der Waals surface area contributed by atoms with E-state index in [0.717, 1.165) is 18.8 Å². The van der Waals surface area contributed by atoms with Gasteiger partial charge in [-0.3, -0.25) is 4.79 Å². The molecular formula is C18H28N2O2. The number of carboxylic acids is 1. The van der Waals surface area contributed by atoms with Crippen LogP contribution in [0.2, 0.25) is 0 Å². The standard InChI is InChI=1S/C18H28N2O2/c1-14-10-15(2)12-17(11-14)20(13-16(3)18(21)22)9-8-19-6-4-5-7-19/h10-12,16H,4-9,13H2,1-3H3,(H,21,22).